The SMILES string of the molecule is COCc1ncc(-c2ccnc(N)n2)n1C(C)C1CC1. The van der Waals surface area contributed by atoms with Crippen LogP contribution >= 0.6 is 0 Å². The fourth-order valence-corrected chi connectivity index (χ4v) is 2.58. The maximum absolute atomic E-state index is 5.68. The lowest BCUT2D eigenvalue weighted by molar-refractivity contribution is 0.172. The van der Waals surface area contributed by atoms with Gasteiger partial charge in [0.25, 0.3) is 0 Å². The molecule has 6 heteroatoms. The summed E-state index contributed by atoms with van der Waals surface area (Å²) in [5, 5.41) is 0. The van der Waals surface area contributed by atoms with Crippen LogP contribution < -0.4 is 5.73 Å². The van der Waals surface area contributed by atoms with Gasteiger partial charge in [0.05, 0.1) is 17.6 Å². The lowest BCUT2D eigenvalue weighted by Crippen LogP contribution is -2.13. The highest BCUT2D eigenvalue weighted by molar-refractivity contribution is 5.55. The normalized spacial score (nSPS) is 16.3. The Labute approximate surface area is 118 Å². The number of hydrogen-bond acceptors (Lipinski definition) is 5. The molecule has 106 valence electrons. The average molecular weight is 273 g/mol. The first-order valence-electron chi connectivity index (χ1n) is 6.84. The number of nitrogen functional groups attached to an aromatic ring is 1. The van der Waals surface area contributed by atoms with Crippen molar-refractivity contribution in [1.82, 2.24) is 19.5 Å². The van der Waals surface area contributed by atoms with Gasteiger partial charge in [-0.1, -0.05) is 0 Å². The number of rotatable bonds is 5. The van der Waals surface area contributed by atoms with Crippen LogP contribution in [0, 0.1) is 5.92 Å². The molecule has 0 saturated heterocycles. The molecule has 20 heavy (non-hydrogen) atoms. The van der Waals surface area contributed by atoms with Crippen LogP contribution in [0.25, 0.3) is 11.4 Å². The molecule has 0 spiro atoms. The zero-order valence-electron chi connectivity index (χ0n) is 11.8. The van der Waals surface area contributed by atoms with E-state index in [1.165, 1.54) is 12.8 Å². The second-order valence-corrected chi connectivity index (χ2v) is 5.24. The molecule has 1 aliphatic carbocycles. The molecule has 0 aromatic carbocycles. The predicted molar refractivity (Wildman–Crippen MR) is 75.8 cm³/mol. The lowest BCUT2D eigenvalue weighted by Gasteiger charge is -2.18. The van der Waals surface area contributed by atoms with Crippen molar-refractivity contribution >= 4 is 5.95 Å². The fourth-order valence-electron chi connectivity index (χ4n) is 2.58. The van der Waals surface area contributed by atoms with Gasteiger partial charge in [0, 0.05) is 19.3 Å². The van der Waals surface area contributed by atoms with E-state index in [1.54, 1.807) is 13.3 Å². The van der Waals surface area contributed by atoms with E-state index in [0.717, 1.165) is 23.1 Å². The van der Waals surface area contributed by atoms with Crippen molar-refractivity contribution in [3.8, 4) is 11.4 Å². The van der Waals surface area contributed by atoms with Crippen LogP contribution in [0.1, 0.15) is 31.6 Å². The van der Waals surface area contributed by atoms with Crippen LogP contribution in [0.5, 0.6) is 0 Å². The molecule has 2 aromatic rings. The topological polar surface area (TPSA) is 78.8 Å². The van der Waals surface area contributed by atoms with Crippen molar-refractivity contribution in [3.63, 3.8) is 0 Å². The van der Waals surface area contributed by atoms with Gasteiger partial charge in [-0.2, -0.15) is 0 Å². The Kier molecular flexibility index (Phi) is 3.40. The molecule has 1 saturated carbocycles. The molecule has 1 aliphatic rings. The van der Waals surface area contributed by atoms with Crippen molar-refractivity contribution in [2.45, 2.75) is 32.4 Å². The molecular weight excluding hydrogens is 254 g/mol. The van der Waals surface area contributed by atoms with E-state index in [4.69, 9.17) is 10.5 Å². The quantitative estimate of drug-likeness (QED) is 0.901. The average Bonchev–Trinajstić information content (AvgIpc) is 3.20. The van der Waals surface area contributed by atoms with Gasteiger partial charge in [-0.05, 0) is 31.7 Å². The van der Waals surface area contributed by atoms with E-state index in [-0.39, 0.29) is 5.95 Å². The smallest absolute Gasteiger partial charge is 0.220 e. The Morgan fingerprint density at radius 1 is 1.45 bits per heavy atom. The van der Waals surface area contributed by atoms with Gasteiger partial charge in [0.15, 0.2) is 0 Å². The molecule has 2 N–H and O–H groups in total. The summed E-state index contributed by atoms with van der Waals surface area (Å²) in [6.45, 7) is 2.73. The van der Waals surface area contributed by atoms with Gasteiger partial charge in [0.2, 0.25) is 5.95 Å². The van der Waals surface area contributed by atoms with E-state index in [1.807, 2.05) is 12.3 Å². The third-order valence-corrected chi connectivity index (χ3v) is 3.80. The monoisotopic (exact) mass is 273 g/mol. The van der Waals surface area contributed by atoms with Gasteiger partial charge in [-0.25, -0.2) is 15.0 Å². The van der Waals surface area contributed by atoms with Crippen molar-refractivity contribution < 1.29 is 4.74 Å². The number of imidazole rings is 1. The summed E-state index contributed by atoms with van der Waals surface area (Å²) in [6, 6.07) is 2.26. The Morgan fingerprint density at radius 3 is 2.90 bits per heavy atom. The molecule has 2 heterocycles. The molecule has 2 aromatic heterocycles. The zero-order chi connectivity index (χ0) is 14.1. The summed E-state index contributed by atoms with van der Waals surface area (Å²) in [5.74, 6) is 1.93. The highest BCUT2D eigenvalue weighted by Crippen LogP contribution is 2.41. The standard InChI is InChI=1S/C14H19N5O/c1-9(10-3-4-10)19-12(7-17-13(19)8-20-2)11-5-6-16-14(15)18-11/h5-7,9-10H,3-4,8H2,1-2H3,(H2,15,16,18). The summed E-state index contributed by atoms with van der Waals surface area (Å²) in [7, 11) is 1.68. The van der Waals surface area contributed by atoms with Crippen LogP contribution in [-0.2, 0) is 11.3 Å². The first kappa shape index (κ1) is 13.1. The minimum atomic E-state index is 0.280. The highest BCUT2D eigenvalue weighted by Gasteiger charge is 2.32. The second kappa shape index (κ2) is 5.20. The Bertz CT molecular complexity index is 605. The van der Waals surface area contributed by atoms with Gasteiger partial charge >= 0.3 is 0 Å². The molecule has 3 rings (SSSR count). The third-order valence-electron chi connectivity index (χ3n) is 3.80. The second-order valence-electron chi connectivity index (χ2n) is 5.24. The number of ether oxygens (including phenoxy) is 1. The van der Waals surface area contributed by atoms with Crippen LogP contribution in [0.4, 0.5) is 5.95 Å². The minimum Gasteiger partial charge on any atom is -0.377 e. The Morgan fingerprint density at radius 2 is 2.25 bits per heavy atom. The molecule has 6 nitrogen and oxygen atoms in total. The van der Waals surface area contributed by atoms with Gasteiger partial charge in [-0.3, -0.25) is 0 Å². The first-order chi connectivity index (χ1) is 9.70. The fraction of sp³-hybridized carbons (Fsp3) is 0.500. The van der Waals surface area contributed by atoms with E-state index in [0.29, 0.717) is 12.6 Å². The number of methoxy groups -OCH3 is 1. The molecule has 0 amide bonds. The first-order valence-corrected chi connectivity index (χ1v) is 6.84. The molecule has 0 radical (unpaired) electrons. The van der Waals surface area contributed by atoms with E-state index < -0.39 is 0 Å². The maximum Gasteiger partial charge on any atom is 0.220 e. The molecule has 0 bridgehead atoms. The summed E-state index contributed by atoms with van der Waals surface area (Å²) in [5.41, 5.74) is 7.47. The molecule has 1 atom stereocenters. The van der Waals surface area contributed by atoms with Crippen molar-refractivity contribution in [1.29, 1.82) is 0 Å². The number of nitrogens with zero attached hydrogens (tertiary/aromatic N) is 4. The maximum atomic E-state index is 5.68. The minimum absolute atomic E-state index is 0.280. The zero-order valence-corrected chi connectivity index (χ0v) is 11.8. The summed E-state index contributed by atoms with van der Waals surface area (Å²) >= 11 is 0. The van der Waals surface area contributed by atoms with Crippen LogP contribution in [-0.4, -0.2) is 26.6 Å². The molecule has 1 fully saturated rings. The van der Waals surface area contributed by atoms with Crippen LogP contribution in [0.3, 0.4) is 0 Å². The van der Waals surface area contributed by atoms with Gasteiger partial charge < -0.3 is 15.0 Å². The number of anilines is 1. The summed E-state index contributed by atoms with van der Waals surface area (Å²) < 4.78 is 7.48. The number of hydrogen-bond donors (Lipinski definition) is 1. The van der Waals surface area contributed by atoms with E-state index in [9.17, 15) is 0 Å². The molecule has 1 unspecified atom stereocenters. The van der Waals surface area contributed by atoms with Crippen molar-refractivity contribution in [2.24, 2.45) is 5.92 Å². The Balaban J connectivity index is 2.05. The van der Waals surface area contributed by atoms with E-state index in [2.05, 4.69) is 26.4 Å². The largest absolute Gasteiger partial charge is 0.377 e. The highest BCUT2D eigenvalue weighted by atomic mass is 16.5. The predicted octanol–water partition coefficient (Wildman–Crippen LogP) is 2.04. The Hall–Kier alpha value is -1.95. The van der Waals surface area contributed by atoms with Crippen molar-refractivity contribution in [2.75, 3.05) is 12.8 Å². The molecule has 0 aliphatic heterocycles. The number of nitrogens with two attached hydrogens (primary N) is 1. The number of aromatic nitrogens is 4. The third kappa shape index (κ3) is 2.38. The van der Waals surface area contributed by atoms with Crippen LogP contribution in [0.2, 0.25) is 0 Å². The summed E-state index contributed by atoms with van der Waals surface area (Å²) in [4.78, 5) is 12.7. The van der Waals surface area contributed by atoms with Gasteiger partial charge in [-0.15, -0.1) is 0 Å². The van der Waals surface area contributed by atoms with Gasteiger partial charge in [0.1, 0.15) is 12.4 Å². The summed E-state index contributed by atoms with van der Waals surface area (Å²) in [6.07, 6.45) is 6.07. The lowest BCUT2D eigenvalue weighted by atomic mass is 10.2. The van der Waals surface area contributed by atoms with E-state index >= 15 is 0 Å². The molecular formula is C14H19N5O. The van der Waals surface area contributed by atoms with Crippen LogP contribution in [0.15, 0.2) is 18.5 Å². The van der Waals surface area contributed by atoms with Crippen molar-refractivity contribution in [3.05, 3.63) is 24.3 Å².